The zero-order chi connectivity index (χ0) is 26.7. The molecule has 0 saturated carbocycles. The number of alkyl halides is 1. The summed E-state index contributed by atoms with van der Waals surface area (Å²) in [6.07, 6.45) is 11.0. The van der Waals surface area contributed by atoms with Gasteiger partial charge in [0.25, 0.3) is 5.91 Å². The van der Waals surface area contributed by atoms with E-state index in [1.807, 2.05) is 75.1 Å². The van der Waals surface area contributed by atoms with E-state index >= 15 is 0 Å². The highest BCUT2D eigenvalue weighted by molar-refractivity contribution is 6.19. The minimum atomic E-state index is -1.07. The van der Waals surface area contributed by atoms with Gasteiger partial charge >= 0.3 is 0 Å². The standard InChI is InChI=1S/C30H42FN3O2/c1-8-10-16-27(29(35)32-7)26-17-12-14-23(4)28(26)19-36-33-25(6)22(3)13-11-15-24(5)34-20-30(31,21-34)18-9-2/h11-17H,5,8-10,18-21H2,1-4,6-7H3,(H,32,35)/b15-11-,22-13+,27-16-,33-25+. The number of amides is 1. The number of allylic oxidation sites excluding steroid dienone is 5. The number of unbranched alkanes of at least 4 members (excludes halogenated alkanes) is 1. The number of carbonyl (C=O) groups excluding carboxylic acids is 1. The third kappa shape index (κ3) is 7.94. The Hall–Kier alpha value is -3.15. The molecular formula is C30H42FN3O2. The van der Waals surface area contributed by atoms with Gasteiger partial charge in [-0.3, -0.25) is 4.79 Å². The molecule has 0 spiro atoms. The van der Waals surface area contributed by atoms with Crippen molar-refractivity contribution in [2.24, 2.45) is 5.16 Å². The molecule has 1 amide bonds. The van der Waals surface area contributed by atoms with Crippen molar-refractivity contribution in [3.63, 3.8) is 0 Å². The van der Waals surface area contributed by atoms with Gasteiger partial charge in [0.15, 0.2) is 0 Å². The summed E-state index contributed by atoms with van der Waals surface area (Å²) < 4.78 is 14.3. The highest BCUT2D eigenvalue weighted by atomic mass is 19.1. The molecule has 1 fully saturated rings. The number of hydrogen-bond acceptors (Lipinski definition) is 4. The van der Waals surface area contributed by atoms with Crippen LogP contribution in [0.1, 0.15) is 70.1 Å². The van der Waals surface area contributed by atoms with Crippen LogP contribution in [0.4, 0.5) is 4.39 Å². The Labute approximate surface area is 216 Å². The molecule has 1 N–H and O–H groups in total. The average Bonchev–Trinajstić information content (AvgIpc) is 2.83. The predicted molar refractivity (Wildman–Crippen MR) is 148 cm³/mol. The molecule has 196 valence electrons. The van der Waals surface area contributed by atoms with E-state index in [1.54, 1.807) is 7.05 Å². The fourth-order valence-electron chi connectivity index (χ4n) is 4.14. The summed E-state index contributed by atoms with van der Waals surface area (Å²) in [6.45, 7) is 15.1. The van der Waals surface area contributed by atoms with Crippen LogP contribution in [0, 0.1) is 6.92 Å². The van der Waals surface area contributed by atoms with Gasteiger partial charge in [-0.1, -0.05) is 74.9 Å². The van der Waals surface area contributed by atoms with Crippen LogP contribution in [0.2, 0.25) is 0 Å². The Morgan fingerprint density at radius 3 is 2.64 bits per heavy atom. The van der Waals surface area contributed by atoms with Crippen LogP contribution >= 0.6 is 0 Å². The van der Waals surface area contributed by atoms with E-state index in [-0.39, 0.29) is 12.5 Å². The first-order valence-corrected chi connectivity index (χ1v) is 12.8. The smallest absolute Gasteiger partial charge is 0.251 e. The second-order valence-corrected chi connectivity index (χ2v) is 9.49. The highest BCUT2D eigenvalue weighted by Gasteiger charge is 2.42. The van der Waals surface area contributed by atoms with Crippen LogP contribution in [0.25, 0.3) is 5.57 Å². The van der Waals surface area contributed by atoms with Crippen molar-refractivity contribution in [1.82, 2.24) is 10.2 Å². The lowest BCUT2D eigenvalue weighted by atomic mass is 9.91. The summed E-state index contributed by atoms with van der Waals surface area (Å²) in [5, 5.41) is 7.04. The number of hydrogen-bond donors (Lipinski definition) is 1. The summed E-state index contributed by atoms with van der Waals surface area (Å²) in [5.74, 6) is -0.108. The normalized spacial score (nSPS) is 16.2. The maximum absolute atomic E-state index is 14.3. The lowest BCUT2D eigenvalue weighted by molar-refractivity contribution is -0.115. The van der Waals surface area contributed by atoms with E-state index in [4.69, 9.17) is 4.84 Å². The predicted octanol–water partition coefficient (Wildman–Crippen LogP) is 6.66. The molecular weight excluding hydrogens is 453 g/mol. The molecule has 36 heavy (non-hydrogen) atoms. The molecule has 0 unspecified atom stereocenters. The van der Waals surface area contributed by atoms with Gasteiger partial charge in [0, 0.05) is 23.9 Å². The lowest BCUT2D eigenvalue weighted by Crippen LogP contribution is -2.57. The number of nitrogens with zero attached hydrogens (tertiary/aromatic N) is 2. The molecule has 6 heteroatoms. The molecule has 5 nitrogen and oxygen atoms in total. The Bertz CT molecular complexity index is 1050. The van der Waals surface area contributed by atoms with E-state index < -0.39 is 5.67 Å². The molecule has 0 aromatic heterocycles. The molecule has 1 aromatic rings. The molecule has 0 aliphatic carbocycles. The third-order valence-electron chi connectivity index (χ3n) is 6.48. The second kappa shape index (κ2) is 13.8. The van der Waals surface area contributed by atoms with Gasteiger partial charge in [-0.25, -0.2) is 4.39 Å². The summed E-state index contributed by atoms with van der Waals surface area (Å²) in [6, 6.07) is 5.92. The van der Waals surface area contributed by atoms with Gasteiger partial charge < -0.3 is 15.1 Å². The molecule has 1 aliphatic rings. The van der Waals surface area contributed by atoms with Crippen LogP contribution in [0.15, 0.2) is 65.5 Å². The zero-order valence-corrected chi connectivity index (χ0v) is 22.8. The molecule has 0 bridgehead atoms. The number of likely N-dealkylation sites (N-methyl/N-ethyl adjacent to an activating group) is 1. The van der Waals surface area contributed by atoms with E-state index in [0.717, 1.165) is 52.9 Å². The number of halogens is 1. The molecule has 1 saturated heterocycles. The zero-order valence-electron chi connectivity index (χ0n) is 22.8. The Kier molecular flexibility index (Phi) is 11.2. The van der Waals surface area contributed by atoms with Gasteiger partial charge in [0.05, 0.1) is 18.8 Å². The van der Waals surface area contributed by atoms with Gasteiger partial charge in [-0.2, -0.15) is 0 Å². The molecule has 2 rings (SSSR count). The quantitative estimate of drug-likeness (QED) is 0.144. The molecule has 0 atom stereocenters. The molecule has 0 radical (unpaired) electrons. The van der Waals surface area contributed by atoms with Crippen molar-refractivity contribution in [3.05, 3.63) is 77.0 Å². The minimum absolute atomic E-state index is 0.108. The van der Waals surface area contributed by atoms with Crippen LogP contribution in [-0.4, -0.2) is 42.3 Å². The van der Waals surface area contributed by atoms with E-state index in [9.17, 15) is 9.18 Å². The molecule has 1 aliphatic heterocycles. The first-order valence-electron chi connectivity index (χ1n) is 12.8. The maximum atomic E-state index is 14.3. The van der Waals surface area contributed by atoms with Crippen molar-refractivity contribution >= 4 is 17.2 Å². The van der Waals surface area contributed by atoms with Gasteiger partial charge in [-0.15, -0.1) is 0 Å². The van der Waals surface area contributed by atoms with Gasteiger partial charge in [0.1, 0.15) is 12.3 Å². The van der Waals surface area contributed by atoms with Crippen LogP contribution < -0.4 is 5.32 Å². The van der Waals surface area contributed by atoms with Crippen molar-refractivity contribution in [1.29, 1.82) is 0 Å². The van der Waals surface area contributed by atoms with Crippen molar-refractivity contribution < 1.29 is 14.0 Å². The van der Waals surface area contributed by atoms with E-state index in [1.165, 1.54) is 0 Å². The Balaban J connectivity index is 2.04. The molecule has 1 heterocycles. The van der Waals surface area contributed by atoms with Gasteiger partial charge in [0.2, 0.25) is 0 Å². The lowest BCUT2D eigenvalue weighted by Gasteiger charge is -2.46. The van der Waals surface area contributed by atoms with Crippen molar-refractivity contribution in [2.75, 3.05) is 20.1 Å². The highest BCUT2D eigenvalue weighted by Crippen LogP contribution is 2.32. The van der Waals surface area contributed by atoms with Crippen LogP contribution in [-0.2, 0) is 16.2 Å². The summed E-state index contributed by atoms with van der Waals surface area (Å²) in [5.41, 5.74) is 4.96. The fourth-order valence-corrected chi connectivity index (χ4v) is 4.14. The van der Waals surface area contributed by atoms with Crippen molar-refractivity contribution in [3.8, 4) is 0 Å². The average molecular weight is 496 g/mol. The maximum Gasteiger partial charge on any atom is 0.251 e. The second-order valence-electron chi connectivity index (χ2n) is 9.49. The van der Waals surface area contributed by atoms with Crippen LogP contribution in [0.5, 0.6) is 0 Å². The summed E-state index contributed by atoms with van der Waals surface area (Å²) in [4.78, 5) is 20.2. The fraction of sp³-hybridized carbons (Fsp3) is 0.467. The number of nitrogens with one attached hydrogen (secondary N) is 1. The monoisotopic (exact) mass is 495 g/mol. The summed E-state index contributed by atoms with van der Waals surface area (Å²) in [7, 11) is 1.64. The first-order chi connectivity index (χ1) is 17.2. The molecule has 1 aromatic carbocycles. The van der Waals surface area contributed by atoms with E-state index in [2.05, 4.69) is 24.0 Å². The van der Waals surface area contributed by atoms with Crippen LogP contribution in [0.3, 0.4) is 0 Å². The number of likely N-dealkylation sites (tertiary alicyclic amines) is 1. The van der Waals surface area contributed by atoms with Gasteiger partial charge in [-0.05, 0) is 56.4 Å². The number of carbonyl (C=O) groups is 1. The largest absolute Gasteiger partial charge is 0.391 e. The van der Waals surface area contributed by atoms with Crippen molar-refractivity contribution in [2.45, 2.75) is 72.6 Å². The Morgan fingerprint density at radius 2 is 2.00 bits per heavy atom. The topological polar surface area (TPSA) is 53.9 Å². The third-order valence-corrected chi connectivity index (χ3v) is 6.48. The van der Waals surface area contributed by atoms with E-state index in [0.29, 0.717) is 25.1 Å². The number of benzene rings is 1. The SMILES string of the molecule is C=C(\C=C/C=C(C)/C(C)=N/OCc1c(C)cccc1/C(=C/CCC)C(=O)NC)N1CC(F)(CCC)C1. The summed E-state index contributed by atoms with van der Waals surface area (Å²) >= 11 is 0. The number of aryl methyl sites for hydroxylation is 1. The number of rotatable bonds is 13. The first kappa shape index (κ1) is 29.1. The Morgan fingerprint density at radius 1 is 1.28 bits per heavy atom. The number of oxime groups is 1. The minimum Gasteiger partial charge on any atom is -0.391 e.